The minimum Gasteiger partial charge on any atom is -0.447 e. The van der Waals surface area contributed by atoms with E-state index in [1.165, 1.54) is 0 Å². The van der Waals surface area contributed by atoms with Crippen LogP contribution in [0, 0.1) is 0 Å². The molecule has 1 heterocycles. The van der Waals surface area contributed by atoms with Crippen molar-refractivity contribution in [1.82, 2.24) is 10.3 Å². The first-order valence-electron chi connectivity index (χ1n) is 11.7. The molecule has 1 aromatic carbocycles. The molecule has 2 aromatic rings. The molecule has 35 heavy (non-hydrogen) atoms. The Kier molecular flexibility index (Phi) is 8.91. The summed E-state index contributed by atoms with van der Waals surface area (Å²) in [6.07, 6.45) is 3.96. The second-order valence-electron chi connectivity index (χ2n) is 9.04. The molecule has 4 amide bonds. The Balaban J connectivity index is 1.68. The Labute approximate surface area is 209 Å². The molecular weight excluding hydrogens is 470 g/mol. The normalized spacial score (nSPS) is 17.7. The van der Waals surface area contributed by atoms with E-state index in [-0.39, 0.29) is 24.3 Å². The molecule has 0 atom stereocenters. The third-order valence-corrected chi connectivity index (χ3v) is 6.59. The molecule has 1 aromatic heterocycles. The standard InChI is InChI=1S/C24H33N5O5S/c1-13(2)33-23(31)27-16-7-5-15(6-8-16)21-26-12-20(35-21)18-10-9-17(11-19(18)29-22(25)30)28-24(32)34-14(3)4/h9-16H,5-8H2,1-4H3,(H,27,31)(H,28,32)(H3,25,29,30). The Hall–Kier alpha value is -3.34. The highest BCUT2D eigenvalue weighted by Crippen LogP contribution is 2.40. The number of ether oxygens (including phenoxy) is 2. The Morgan fingerprint density at radius 2 is 1.66 bits per heavy atom. The number of primary amides is 1. The SMILES string of the molecule is CC(C)OC(=O)Nc1ccc(-c2cnc(C3CCC(NC(=O)OC(C)C)CC3)s2)c(NC(N)=O)c1. The predicted molar refractivity (Wildman–Crippen MR) is 136 cm³/mol. The van der Waals surface area contributed by atoms with Crippen LogP contribution < -0.4 is 21.7 Å². The van der Waals surface area contributed by atoms with E-state index >= 15 is 0 Å². The molecule has 11 heteroatoms. The molecule has 0 spiro atoms. The van der Waals surface area contributed by atoms with Crippen molar-refractivity contribution in [3.63, 3.8) is 0 Å². The first-order chi connectivity index (χ1) is 16.6. The molecule has 1 saturated carbocycles. The van der Waals surface area contributed by atoms with E-state index in [0.29, 0.717) is 17.3 Å². The molecule has 190 valence electrons. The number of nitrogens with two attached hydrogens (primary N) is 1. The zero-order chi connectivity index (χ0) is 25.5. The first kappa shape index (κ1) is 26.3. The van der Waals surface area contributed by atoms with Crippen LogP contribution in [0.2, 0.25) is 0 Å². The van der Waals surface area contributed by atoms with Gasteiger partial charge in [-0.3, -0.25) is 5.32 Å². The minimum atomic E-state index is -0.709. The van der Waals surface area contributed by atoms with Crippen LogP contribution in [0.5, 0.6) is 0 Å². The van der Waals surface area contributed by atoms with Crippen LogP contribution >= 0.6 is 11.3 Å². The maximum Gasteiger partial charge on any atom is 0.411 e. The number of anilines is 2. The second kappa shape index (κ2) is 11.9. The van der Waals surface area contributed by atoms with E-state index in [9.17, 15) is 14.4 Å². The van der Waals surface area contributed by atoms with Gasteiger partial charge in [0.15, 0.2) is 0 Å². The van der Waals surface area contributed by atoms with Crippen molar-refractivity contribution in [1.29, 1.82) is 0 Å². The van der Waals surface area contributed by atoms with Crippen LogP contribution in [0.25, 0.3) is 10.4 Å². The van der Waals surface area contributed by atoms with Crippen molar-refractivity contribution in [3.8, 4) is 10.4 Å². The Morgan fingerprint density at radius 1 is 1.00 bits per heavy atom. The van der Waals surface area contributed by atoms with Crippen molar-refractivity contribution >= 4 is 40.9 Å². The van der Waals surface area contributed by atoms with E-state index in [4.69, 9.17) is 15.2 Å². The monoisotopic (exact) mass is 503 g/mol. The van der Waals surface area contributed by atoms with Gasteiger partial charge in [-0.05, 0) is 71.6 Å². The topological polar surface area (TPSA) is 145 Å². The largest absolute Gasteiger partial charge is 0.447 e. The quantitative estimate of drug-likeness (QED) is 0.397. The highest BCUT2D eigenvalue weighted by molar-refractivity contribution is 7.15. The minimum absolute atomic E-state index is 0.103. The molecule has 5 N–H and O–H groups in total. The third-order valence-electron chi connectivity index (χ3n) is 5.40. The molecule has 0 bridgehead atoms. The summed E-state index contributed by atoms with van der Waals surface area (Å²) in [5.74, 6) is 0.298. The zero-order valence-electron chi connectivity index (χ0n) is 20.4. The van der Waals surface area contributed by atoms with Crippen molar-refractivity contribution in [2.24, 2.45) is 5.73 Å². The smallest absolute Gasteiger partial charge is 0.411 e. The number of aromatic nitrogens is 1. The van der Waals surface area contributed by atoms with Crippen LogP contribution in [0.3, 0.4) is 0 Å². The number of nitrogens with zero attached hydrogens (tertiary/aromatic N) is 1. The van der Waals surface area contributed by atoms with Gasteiger partial charge in [-0.15, -0.1) is 11.3 Å². The molecule has 0 aliphatic heterocycles. The molecular formula is C24H33N5O5S. The average molecular weight is 504 g/mol. The summed E-state index contributed by atoms with van der Waals surface area (Å²) in [5.41, 5.74) is 7.06. The number of urea groups is 1. The number of alkyl carbamates (subject to hydrolysis) is 1. The molecule has 1 aliphatic carbocycles. The number of amides is 4. The molecule has 1 fully saturated rings. The van der Waals surface area contributed by atoms with Crippen molar-refractivity contribution < 1.29 is 23.9 Å². The van der Waals surface area contributed by atoms with Gasteiger partial charge in [0.25, 0.3) is 0 Å². The lowest BCUT2D eigenvalue weighted by Crippen LogP contribution is -2.38. The van der Waals surface area contributed by atoms with Crippen LogP contribution in [0.15, 0.2) is 24.4 Å². The number of carbonyl (C=O) groups is 3. The number of benzene rings is 1. The lowest BCUT2D eigenvalue weighted by Gasteiger charge is -2.28. The summed E-state index contributed by atoms with van der Waals surface area (Å²) in [6.45, 7) is 7.17. The van der Waals surface area contributed by atoms with E-state index in [0.717, 1.165) is 41.1 Å². The molecule has 0 saturated heterocycles. The number of rotatable bonds is 7. The van der Waals surface area contributed by atoms with Gasteiger partial charge in [0.05, 0.1) is 27.8 Å². The zero-order valence-corrected chi connectivity index (χ0v) is 21.2. The predicted octanol–water partition coefficient (Wildman–Crippen LogP) is 5.42. The number of nitrogens with one attached hydrogen (secondary N) is 3. The lowest BCUT2D eigenvalue weighted by atomic mass is 9.86. The first-order valence-corrected chi connectivity index (χ1v) is 12.5. The van der Waals surface area contributed by atoms with E-state index in [2.05, 4.69) is 20.9 Å². The highest BCUT2D eigenvalue weighted by atomic mass is 32.1. The summed E-state index contributed by atoms with van der Waals surface area (Å²) in [7, 11) is 0. The number of thiazole rings is 1. The van der Waals surface area contributed by atoms with Gasteiger partial charge in [0.1, 0.15) is 0 Å². The summed E-state index contributed by atoms with van der Waals surface area (Å²) >= 11 is 1.56. The fourth-order valence-electron chi connectivity index (χ4n) is 3.93. The average Bonchev–Trinajstić information content (AvgIpc) is 3.22. The van der Waals surface area contributed by atoms with E-state index < -0.39 is 12.1 Å². The fraction of sp³-hybridized carbons (Fsp3) is 0.500. The van der Waals surface area contributed by atoms with Crippen LogP contribution in [-0.4, -0.2) is 41.5 Å². The number of hydrogen-bond donors (Lipinski definition) is 4. The maximum atomic E-state index is 11.9. The van der Waals surface area contributed by atoms with E-state index in [1.807, 2.05) is 13.8 Å². The van der Waals surface area contributed by atoms with Crippen molar-refractivity contribution in [2.45, 2.75) is 77.5 Å². The van der Waals surface area contributed by atoms with Crippen molar-refractivity contribution in [3.05, 3.63) is 29.4 Å². The van der Waals surface area contributed by atoms with Gasteiger partial charge in [-0.25, -0.2) is 19.4 Å². The summed E-state index contributed by atoms with van der Waals surface area (Å²) in [6, 6.07) is 4.56. The lowest BCUT2D eigenvalue weighted by molar-refractivity contribution is 0.109. The fourth-order valence-corrected chi connectivity index (χ4v) is 5.06. The summed E-state index contributed by atoms with van der Waals surface area (Å²) in [4.78, 5) is 40.9. The second-order valence-corrected chi connectivity index (χ2v) is 10.1. The van der Waals surface area contributed by atoms with Crippen LogP contribution in [0.4, 0.5) is 25.8 Å². The van der Waals surface area contributed by atoms with Gasteiger partial charge in [-0.2, -0.15) is 0 Å². The Morgan fingerprint density at radius 3 is 2.29 bits per heavy atom. The molecule has 0 unspecified atom stereocenters. The maximum absolute atomic E-state index is 11.9. The van der Waals surface area contributed by atoms with Gasteiger partial charge >= 0.3 is 18.2 Å². The summed E-state index contributed by atoms with van der Waals surface area (Å²) < 4.78 is 10.3. The van der Waals surface area contributed by atoms with Gasteiger partial charge in [0, 0.05) is 29.4 Å². The van der Waals surface area contributed by atoms with Gasteiger partial charge < -0.3 is 25.8 Å². The number of carbonyl (C=O) groups excluding carboxylic acids is 3. The molecule has 10 nitrogen and oxygen atoms in total. The summed E-state index contributed by atoms with van der Waals surface area (Å²) in [5, 5.41) is 9.22. The Bertz CT molecular complexity index is 1050. The van der Waals surface area contributed by atoms with Crippen LogP contribution in [0.1, 0.15) is 64.3 Å². The van der Waals surface area contributed by atoms with Gasteiger partial charge in [-0.1, -0.05) is 0 Å². The molecule has 0 radical (unpaired) electrons. The number of hydrogen-bond acceptors (Lipinski definition) is 7. The third kappa shape index (κ3) is 7.84. The van der Waals surface area contributed by atoms with Crippen molar-refractivity contribution in [2.75, 3.05) is 10.6 Å². The van der Waals surface area contributed by atoms with E-state index in [1.54, 1.807) is 49.6 Å². The van der Waals surface area contributed by atoms with Gasteiger partial charge in [0.2, 0.25) is 0 Å². The highest BCUT2D eigenvalue weighted by Gasteiger charge is 2.26. The molecule has 1 aliphatic rings. The van der Waals surface area contributed by atoms with Crippen LogP contribution in [-0.2, 0) is 9.47 Å². The molecule has 3 rings (SSSR count).